The molecule has 2 aliphatic rings. The Hall–Kier alpha value is -2.25. The number of likely N-dealkylation sites (tertiary alicyclic amines) is 1. The van der Waals surface area contributed by atoms with Gasteiger partial charge in [-0.05, 0) is 49.6 Å². The third kappa shape index (κ3) is 3.22. The Balaban J connectivity index is 1.64. The number of amides is 1. The normalized spacial score (nSPS) is 25.6. The maximum absolute atomic E-state index is 13.6. The zero-order chi connectivity index (χ0) is 19.6. The Morgan fingerprint density at radius 3 is 2.68 bits per heavy atom. The van der Waals surface area contributed by atoms with E-state index in [4.69, 9.17) is 0 Å². The second-order valence-corrected chi connectivity index (χ2v) is 9.87. The fourth-order valence-electron chi connectivity index (χ4n) is 4.35. The minimum absolute atomic E-state index is 0.164. The predicted octanol–water partition coefficient (Wildman–Crippen LogP) is 1.99. The van der Waals surface area contributed by atoms with Gasteiger partial charge in [-0.3, -0.25) is 9.78 Å². The van der Waals surface area contributed by atoms with Crippen LogP contribution >= 0.6 is 0 Å². The van der Waals surface area contributed by atoms with Gasteiger partial charge in [0.1, 0.15) is 0 Å². The van der Waals surface area contributed by atoms with Crippen molar-refractivity contribution in [3.8, 4) is 0 Å². The van der Waals surface area contributed by atoms with Crippen molar-refractivity contribution >= 4 is 15.7 Å². The highest BCUT2D eigenvalue weighted by Gasteiger charge is 2.54. The van der Waals surface area contributed by atoms with Gasteiger partial charge < -0.3 is 10.2 Å². The van der Waals surface area contributed by atoms with E-state index < -0.39 is 14.6 Å². The van der Waals surface area contributed by atoms with Gasteiger partial charge in [0.2, 0.25) is 5.91 Å². The fourth-order valence-corrected chi connectivity index (χ4v) is 6.38. The largest absolute Gasteiger partial charge is 0.341 e. The minimum Gasteiger partial charge on any atom is -0.341 e. The van der Waals surface area contributed by atoms with Gasteiger partial charge in [0.05, 0.1) is 4.90 Å². The molecule has 0 spiro atoms. The van der Waals surface area contributed by atoms with Crippen LogP contribution < -0.4 is 5.32 Å². The lowest BCUT2D eigenvalue weighted by atomic mass is 9.96. The van der Waals surface area contributed by atoms with Crippen LogP contribution in [0.2, 0.25) is 0 Å². The topological polar surface area (TPSA) is 79.4 Å². The highest BCUT2D eigenvalue weighted by molar-refractivity contribution is 7.93. The van der Waals surface area contributed by atoms with Crippen LogP contribution in [0.25, 0.3) is 0 Å². The summed E-state index contributed by atoms with van der Waals surface area (Å²) in [5, 5.41) is 3.16. The number of hydrogen-bond donors (Lipinski definition) is 1. The van der Waals surface area contributed by atoms with Gasteiger partial charge in [-0.15, -0.1) is 0 Å². The molecular weight excluding hydrogens is 374 g/mol. The zero-order valence-electron chi connectivity index (χ0n) is 15.8. The van der Waals surface area contributed by atoms with E-state index in [0.717, 1.165) is 18.5 Å². The summed E-state index contributed by atoms with van der Waals surface area (Å²) in [5.74, 6) is -0.0689. The third-order valence-electron chi connectivity index (χ3n) is 5.93. The number of piperidine rings is 1. The summed E-state index contributed by atoms with van der Waals surface area (Å²) in [5.41, 5.74) is 1.10. The number of carbonyl (C=O) groups is 1. The van der Waals surface area contributed by atoms with Crippen molar-refractivity contribution in [2.75, 3.05) is 26.2 Å². The van der Waals surface area contributed by atoms with Crippen molar-refractivity contribution in [2.45, 2.75) is 34.8 Å². The molecule has 1 N–H and O–H groups in total. The maximum Gasteiger partial charge on any atom is 0.245 e. The molecule has 0 aliphatic carbocycles. The summed E-state index contributed by atoms with van der Waals surface area (Å²) in [6.07, 6.45) is 5.40. The van der Waals surface area contributed by atoms with Crippen molar-refractivity contribution in [2.24, 2.45) is 0 Å². The summed E-state index contributed by atoms with van der Waals surface area (Å²) in [7, 11) is -3.81. The van der Waals surface area contributed by atoms with E-state index in [1.807, 2.05) is 18.3 Å². The first-order chi connectivity index (χ1) is 13.5. The van der Waals surface area contributed by atoms with Crippen LogP contribution in [-0.4, -0.2) is 55.1 Å². The van der Waals surface area contributed by atoms with Gasteiger partial charge >= 0.3 is 0 Å². The number of aromatic nitrogens is 1. The van der Waals surface area contributed by atoms with Gasteiger partial charge in [0, 0.05) is 37.9 Å². The standard InChI is InChI=1S/C21H25N3O3S/c25-20(24-13-9-18(15-24)17-6-4-11-22-14-17)21(10-5-12-23-16-21)28(26,27)19-7-2-1-3-8-19/h1-4,6-8,11,14,18,23H,5,9-10,12-13,15-16H2/t18?,21-/m1/s1. The maximum atomic E-state index is 13.6. The molecule has 4 rings (SSSR count). The Morgan fingerprint density at radius 1 is 1.18 bits per heavy atom. The van der Waals surface area contributed by atoms with Crippen LogP contribution in [0.1, 0.15) is 30.7 Å². The number of nitrogens with zero attached hydrogens (tertiary/aromatic N) is 2. The molecule has 148 valence electrons. The number of hydrogen-bond acceptors (Lipinski definition) is 5. The number of nitrogens with one attached hydrogen (secondary N) is 1. The van der Waals surface area contributed by atoms with Crippen LogP contribution in [0.3, 0.4) is 0 Å². The number of pyridine rings is 1. The molecule has 3 heterocycles. The highest BCUT2D eigenvalue weighted by atomic mass is 32.2. The first kappa shape index (κ1) is 19.1. The first-order valence-corrected chi connectivity index (χ1v) is 11.2. The van der Waals surface area contributed by atoms with Crippen molar-refractivity contribution in [1.29, 1.82) is 0 Å². The summed E-state index contributed by atoms with van der Waals surface area (Å²) >= 11 is 0. The van der Waals surface area contributed by atoms with Crippen molar-refractivity contribution in [1.82, 2.24) is 15.2 Å². The van der Waals surface area contributed by atoms with E-state index in [1.54, 1.807) is 41.4 Å². The molecule has 1 aromatic carbocycles. The monoisotopic (exact) mass is 399 g/mol. The molecule has 7 heteroatoms. The minimum atomic E-state index is -3.81. The number of rotatable bonds is 4. The molecule has 2 fully saturated rings. The molecule has 2 aromatic rings. The Labute approximate surface area is 165 Å². The van der Waals surface area contributed by atoms with Crippen LogP contribution in [0.4, 0.5) is 0 Å². The number of benzene rings is 1. The van der Waals surface area contributed by atoms with E-state index in [2.05, 4.69) is 10.3 Å². The SMILES string of the molecule is O=C(N1CCC(c2cccnc2)C1)[C@@]1(S(=O)(=O)c2ccccc2)CCCNC1. The van der Waals surface area contributed by atoms with Gasteiger partial charge in [-0.1, -0.05) is 24.3 Å². The molecule has 1 amide bonds. The lowest BCUT2D eigenvalue weighted by molar-refractivity contribution is -0.133. The Kier molecular flexibility index (Phi) is 5.21. The lowest BCUT2D eigenvalue weighted by Crippen LogP contribution is -2.61. The van der Waals surface area contributed by atoms with E-state index in [1.165, 1.54) is 0 Å². The van der Waals surface area contributed by atoms with Crippen LogP contribution in [0.5, 0.6) is 0 Å². The summed E-state index contributed by atoms with van der Waals surface area (Å²) in [6.45, 7) is 2.01. The molecule has 1 unspecified atom stereocenters. The van der Waals surface area contributed by atoms with Crippen molar-refractivity contribution in [3.05, 3.63) is 60.4 Å². The van der Waals surface area contributed by atoms with E-state index >= 15 is 0 Å². The molecule has 0 saturated carbocycles. The average molecular weight is 400 g/mol. The van der Waals surface area contributed by atoms with Crippen molar-refractivity contribution in [3.63, 3.8) is 0 Å². The van der Waals surface area contributed by atoms with E-state index in [9.17, 15) is 13.2 Å². The molecular formula is C21H25N3O3S. The van der Waals surface area contributed by atoms with Gasteiger partial charge in [0.25, 0.3) is 0 Å². The molecule has 0 radical (unpaired) electrons. The molecule has 0 bridgehead atoms. The lowest BCUT2D eigenvalue weighted by Gasteiger charge is -2.38. The van der Waals surface area contributed by atoms with E-state index in [-0.39, 0.29) is 23.3 Å². The molecule has 1 aromatic heterocycles. The quantitative estimate of drug-likeness (QED) is 0.851. The van der Waals surface area contributed by atoms with Gasteiger partial charge in [-0.2, -0.15) is 0 Å². The molecule has 2 aliphatic heterocycles. The molecule has 28 heavy (non-hydrogen) atoms. The summed E-state index contributed by atoms with van der Waals surface area (Å²) in [6, 6.07) is 12.3. The highest BCUT2D eigenvalue weighted by Crippen LogP contribution is 2.36. The second-order valence-electron chi connectivity index (χ2n) is 7.61. The summed E-state index contributed by atoms with van der Waals surface area (Å²) in [4.78, 5) is 19.7. The van der Waals surface area contributed by atoms with Crippen molar-refractivity contribution < 1.29 is 13.2 Å². The van der Waals surface area contributed by atoms with Gasteiger partial charge in [-0.25, -0.2) is 8.42 Å². The molecule has 2 atom stereocenters. The predicted molar refractivity (Wildman–Crippen MR) is 107 cm³/mol. The number of sulfone groups is 1. The molecule has 6 nitrogen and oxygen atoms in total. The first-order valence-electron chi connectivity index (χ1n) is 9.74. The molecule has 2 saturated heterocycles. The van der Waals surface area contributed by atoms with Crippen LogP contribution in [0, 0.1) is 0 Å². The zero-order valence-corrected chi connectivity index (χ0v) is 16.6. The smallest absolute Gasteiger partial charge is 0.245 e. The number of carbonyl (C=O) groups excluding carboxylic acids is 1. The van der Waals surface area contributed by atoms with Crippen LogP contribution in [0.15, 0.2) is 59.8 Å². The van der Waals surface area contributed by atoms with E-state index in [0.29, 0.717) is 25.9 Å². The van der Waals surface area contributed by atoms with Crippen LogP contribution in [-0.2, 0) is 14.6 Å². The third-order valence-corrected chi connectivity index (χ3v) is 8.38. The summed E-state index contributed by atoms with van der Waals surface area (Å²) < 4.78 is 25.7. The average Bonchev–Trinajstić information content (AvgIpc) is 3.25. The Morgan fingerprint density at radius 2 is 2.00 bits per heavy atom. The fraction of sp³-hybridized carbons (Fsp3) is 0.429. The Bertz CT molecular complexity index is 926. The van der Waals surface area contributed by atoms with Gasteiger partial charge in [0.15, 0.2) is 14.6 Å². The second kappa shape index (κ2) is 7.64.